The van der Waals surface area contributed by atoms with Crippen molar-refractivity contribution in [1.29, 1.82) is 0 Å². The van der Waals surface area contributed by atoms with E-state index in [2.05, 4.69) is 36.0 Å². The molecule has 3 atom stereocenters. The van der Waals surface area contributed by atoms with Gasteiger partial charge >= 0.3 is 0 Å². The number of hydrogen-bond donors (Lipinski definition) is 1. The summed E-state index contributed by atoms with van der Waals surface area (Å²) in [7, 11) is 2.14. The Morgan fingerprint density at radius 3 is 2.78 bits per heavy atom. The van der Waals surface area contributed by atoms with E-state index in [4.69, 9.17) is 0 Å². The van der Waals surface area contributed by atoms with Gasteiger partial charge in [0, 0.05) is 19.1 Å². The molecule has 4 heteroatoms. The van der Waals surface area contributed by atoms with Crippen LogP contribution in [0.1, 0.15) is 33.1 Å². The Labute approximate surface area is 111 Å². The van der Waals surface area contributed by atoms with Crippen molar-refractivity contribution in [2.75, 3.05) is 33.2 Å². The number of piperidine rings is 1. The van der Waals surface area contributed by atoms with Crippen molar-refractivity contribution >= 4 is 5.91 Å². The Balaban J connectivity index is 1.98. The molecule has 2 fully saturated rings. The molecule has 2 aliphatic heterocycles. The molecule has 0 spiro atoms. The molecule has 2 rings (SSSR count). The number of nitrogens with zero attached hydrogens (tertiary/aromatic N) is 2. The highest BCUT2D eigenvalue weighted by atomic mass is 16.2. The predicted molar refractivity (Wildman–Crippen MR) is 73.5 cm³/mol. The van der Waals surface area contributed by atoms with Gasteiger partial charge in [0.1, 0.15) is 0 Å². The maximum Gasteiger partial charge on any atom is 0.240 e. The van der Waals surface area contributed by atoms with Crippen LogP contribution in [0.25, 0.3) is 0 Å². The number of hydrogen-bond acceptors (Lipinski definition) is 3. The molecule has 0 aliphatic carbocycles. The van der Waals surface area contributed by atoms with Crippen LogP contribution in [-0.4, -0.2) is 61.0 Å². The van der Waals surface area contributed by atoms with E-state index in [0.717, 1.165) is 39.0 Å². The molecule has 104 valence electrons. The average molecular weight is 253 g/mol. The summed E-state index contributed by atoms with van der Waals surface area (Å²) in [5.74, 6) is 0.995. The van der Waals surface area contributed by atoms with Crippen molar-refractivity contribution in [3.8, 4) is 0 Å². The third-order valence-electron chi connectivity index (χ3n) is 4.29. The summed E-state index contributed by atoms with van der Waals surface area (Å²) in [6.45, 7) is 8.42. The smallest absolute Gasteiger partial charge is 0.240 e. The highest BCUT2D eigenvalue weighted by molar-refractivity contribution is 5.82. The van der Waals surface area contributed by atoms with Gasteiger partial charge in [-0.3, -0.25) is 4.79 Å². The van der Waals surface area contributed by atoms with Crippen LogP contribution in [0.15, 0.2) is 0 Å². The van der Waals surface area contributed by atoms with Crippen LogP contribution in [0.3, 0.4) is 0 Å². The fourth-order valence-electron chi connectivity index (χ4n) is 3.20. The number of nitrogens with one attached hydrogen (secondary N) is 1. The Hall–Kier alpha value is -0.610. The molecular formula is C14H27N3O. The molecule has 18 heavy (non-hydrogen) atoms. The normalized spacial score (nSPS) is 35.3. The minimum Gasteiger partial charge on any atom is -0.337 e. The molecule has 0 bridgehead atoms. The Bertz CT molecular complexity index is 295. The maximum absolute atomic E-state index is 12.6. The second-order valence-corrected chi connectivity index (χ2v) is 6.13. The topological polar surface area (TPSA) is 35.6 Å². The first kappa shape index (κ1) is 13.8. The first-order valence-electron chi connectivity index (χ1n) is 7.30. The zero-order valence-corrected chi connectivity index (χ0v) is 12.0. The van der Waals surface area contributed by atoms with Gasteiger partial charge < -0.3 is 15.1 Å². The van der Waals surface area contributed by atoms with Crippen LogP contribution in [-0.2, 0) is 4.79 Å². The van der Waals surface area contributed by atoms with Crippen molar-refractivity contribution in [2.45, 2.75) is 45.2 Å². The monoisotopic (exact) mass is 253 g/mol. The van der Waals surface area contributed by atoms with Crippen LogP contribution in [0.2, 0.25) is 0 Å². The number of carbonyl (C=O) groups is 1. The SMILES string of the molecule is CC1CCNC(C(=O)N2CCCN(C)CC2C)C1. The predicted octanol–water partition coefficient (Wildman–Crippen LogP) is 0.927. The Morgan fingerprint density at radius 1 is 1.28 bits per heavy atom. The fourth-order valence-corrected chi connectivity index (χ4v) is 3.20. The van der Waals surface area contributed by atoms with Crippen molar-refractivity contribution < 1.29 is 4.79 Å². The lowest BCUT2D eigenvalue weighted by Crippen LogP contribution is -2.53. The molecule has 0 aromatic rings. The molecule has 2 saturated heterocycles. The molecule has 0 aromatic carbocycles. The number of likely N-dealkylation sites (N-methyl/N-ethyl adjacent to an activating group) is 1. The van der Waals surface area contributed by atoms with E-state index in [1.165, 1.54) is 6.42 Å². The summed E-state index contributed by atoms with van der Waals surface area (Å²) >= 11 is 0. The van der Waals surface area contributed by atoms with E-state index < -0.39 is 0 Å². The zero-order chi connectivity index (χ0) is 13.1. The van der Waals surface area contributed by atoms with Gasteiger partial charge in [0.05, 0.1) is 6.04 Å². The van der Waals surface area contributed by atoms with E-state index in [-0.39, 0.29) is 6.04 Å². The summed E-state index contributed by atoms with van der Waals surface area (Å²) in [4.78, 5) is 17.0. The number of rotatable bonds is 1. The molecule has 2 heterocycles. The van der Waals surface area contributed by atoms with E-state index in [0.29, 0.717) is 17.9 Å². The maximum atomic E-state index is 12.6. The third kappa shape index (κ3) is 3.23. The van der Waals surface area contributed by atoms with Gasteiger partial charge in [-0.2, -0.15) is 0 Å². The first-order valence-corrected chi connectivity index (χ1v) is 7.30. The quantitative estimate of drug-likeness (QED) is 0.755. The fraction of sp³-hybridized carbons (Fsp3) is 0.929. The van der Waals surface area contributed by atoms with E-state index in [9.17, 15) is 4.79 Å². The summed E-state index contributed by atoms with van der Waals surface area (Å²) < 4.78 is 0. The van der Waals surface area contributed by atoms with Crippen molar-refractivity contribution in [1.82, 2.24) is 15.1 Å². The van der Waals surface area contributed by atoms with Crippen molar-refractivity contribution in [2.24, 2.45) is 5.92 Å². The van der Waals surface area contributed by atoms with Crippen LogP contribution in [0.4, 0.5) is 0 Å². The van der Waals surface area contributed by atoms with Crippen LogP contribution in [0, 0.1) is 5.92 Å². The van der Waals surface area contributed by atoms with Crippen molar-refractivity contribution in [3.63, 3.8) is 0 Å². The number of amides is 1. The molecule has 3 unspecified atom stereocenters. The zero-order valence-electron chi connectivity index (χ0n) is 12.0. The minimum absolute atomic E-state index is 0.0552. The van der Waals surface area contributed by atoms with Gasteiger partial charge in [0.2, 0.25) is 5.91 Å². The van der Waals surface area contributed by atoms with Gasteiger partial charge in [0.25, 0.3) is 0 Å². The molecule has 2 aliphatic rings. The Morgan fingerprint density at radius 2 is 2.06 bits per heavy atom. The van der Waals surface area contributed by atoms with Gasteiger partial charge in [0.15, 0.2) is 0 Å². The van der Waals surface area contributed by atoms with Crippen LogP contribution >= 0.6 is 0 Å². The first-order chi connectivity index (χ1) is 8.58. The summed E-state index contributed by atoms with van der Waals surface area (Å²) in [6.07, 6.45) is 3.29. The lowest BCUT2D eigenvalue weighted by molar-refractivity contribution is -0.136. The number of carbonyl (C=O) groups excluding carboxylic acids is 1. The largest absolute Gasteiger partial charge is 0.337 e. The molecule has 1 amide bonds. The van der Waals surface area contributed by atoms with Gasteiger partial charge in [-0.1, -0.05) is 6.92 Å². The van der Waals surface area contributed by atoms with Crippen LogP contribution in [0.5, 0.6) is 0 Å². The minimum atomic E-state index is 0.0552. The van der Waals surface area contributed by atoms with Gasteiger partial charge in [-0.25, -0.2) is 0 Å². The second kappa shape index (κ2) is 6.02. The second-order valence-electron chi connectivity index (χ2n) is 6.13. The molecule has 0 aromatic heterocycles. The lowest BCUT2D eigenvalue weighted by Gasteiger charge is -2.35. The van der Waals surface area contributed by atoms with E-state index in [1.54, 1.807) is 0 Å². The molecule has 1 N–H and O–H groups in total. The molecule has 4 nitrogen and oxygen atoms in total. The highest BCUT2D eigenvalue weighted by Gasteiger charge is 2.31. The van der Waals surface area contributed by atoms with E-state index in [1.807, 2.05) is 0 Å². The highest BCUT2D eigenvalue weighted by Crippen LogP contribution is 2.19. The third-order valence-corrected chi connectivity index (χ3v) is 4.29. The van der Waals surface area contributed by atoms with Crippen LogP contribution < -0.4 is 5.32 Å². The molecule has 0 saturated carbocycles. The standard InChI is InChI=1S/C14H27N3O/c1-11-5-6-15-13(9-11)14(18)17-8-4-7-16(3)10-12(17)2/h11-13,15H,4-10H2,1-3H3. The Kier molecular flexibility index (Phi) is 4.62. The molecular weight excluding hydrogens is 226 g/mol. The molecule has 0 radical (unpaired) electrons. The van der Waals surface area contributed by atoms with E-state index >= 15 is 0 Å². The summed E-state index contributed by atoms with van der Waals surface area (Å²) in [5, 5.41) is 3.39. The lowest BCUT2D eigenvalue weighted by atomic mass is 9.93. The van der Waals surface area contributed by atoms with Gasteiger partial charge in [-0.15, -0.1) is 0 Å². The van der Waals surface area contributed by atoms with Crippen molar-refractivity contribution in [3.05, 3.63) is 0 Å². The average Bonchev–Trinajstić information content (AvgIpc) is 2.49. The van der Waals surface area contributed by atoms with Gasteiger partial charge in [-0.05, 0) is 52.2 Å². The summed E-state index contributed by atoms with van der Waals surface area (Å²) in [6, 6.07) is 0.392. The summed E-state index contributed by atoms with van der Waals surface area (Å²) in [5.41, 5.74) is 0.